The van der Waals surface area contributed by atoms with Crippen molar-refractivity contribution in [3.8, 4) is 0 Å². The fourth-order valence-electron chi connectivity index (χ4n) is 13.0. The first kappa shape index (κ1) is 100. The minimum Gasteiger partial charge on any atom is -0.462 e. The number of ether oxygens (including phenoxy) is 4. The quantitative estimate of drug-likeness (QED) is 0.0222. The molecule has 0 saturated carbocycles. The van der Waals surface area contributed by atoms with Crippen molar-refractivity contribution in [2.45, 2.75) is 470 Å². The second kappa shape index (κ2) is 77.2. The van der Waals surface area contributed by atoms with Crippen LogP contribution in [0.5, 0.6) is 0 Å². The third kappa shape index (κ3) is 76.3. The summed E-state index contributed by atoms with van der Waals surface area (Å²) in [5.74, 6) is -2.11. The van der Waals surface area contributed by atoms with Gasteiger partial charge in [0.2, 0.25) is 0 Å². The van der Waals surface area contributed by atoms with Gasteiger partial charge in [-0.3, -0.25) is 37.3 Å². The molecule has 0 aromatic heterocycles. The number of unbranched alkanes of at least 4 members (excludes halogenated alkanes) is 58. The Morgan fingerprint density at radius 2 is 0.392 bits per heavy atom. The van der Waals surface area contributed by atoms with Gasteiger partial charge in [-0.15, -0.1) is 0 Å². The van der Waals surface area contributed by atoms with E-state index in [4.69, 9.17) is 37.0 Å². The van der Waals surface area contributed by atoms with Crippen LogP contribution in [-0.2, 0) is 65.4 Å². The number of hydrogen-bond donors (Lipinski definition) is 3. The summed E-state index contributed by atoms with van der Waals surface area (Å²) >= 11 is 0. The van der Waals surface area contributed by atoms with Gasteiger partial charge in [-0.25, -0.2) is 9.13 Å². The maximum Gasteiger partial charge on any atom is 0.472 e. The highest BCUT2D eigenvalue weighted by Gasteiger charge is 2.30. The van der Waals surface area contributed by atoms with Crippen LogP contribution in [0.25, 0.3) is 0 Å². The molecule has 3 N–H and O–H groups in total. The van der Waals surface area contributed by atoms with E-state index in [1.807, 2.05) is 0 Å². The van der Waals surface area contributed by atoms with Crippen LogP contribution in [0, 0.1) is 0 Å². The summed E-state index contributed by atoms with van der Waals surface area (Å²) < 4.78 is 68.7. The van der Waals surface area contributed by atoms with Crippen LogP contribution in [0.15, 0.2) is 0 Å². The monoisotopic (exact) mass is 1490 g/mol. The summed E-state index contributed by atoms with van der Waals surface area (Å²) in [6, 6.07) is 0. The molecule has 0 amide bonds. The molecule has 0 spiro atoms. The molecule has 102 heavy (non-hydrogen) atoms. The zero-order valence-corrected chi connectivity index (χ0v) is 68.4. The summed E-state index contributed by atoms with van der Waals surface area (Å²) in [5, 5.41) is 10.6. The van der Waals surface area contributed by atoms with Crippen molar-refractivity contribution < 1.29 is 80.2 Å². The molecule has 0 aromatic carbocycles. The summed E-state index contributed by atoms with van der Waals surface area (Å²) in [7, 11) is -9.91. The van der Waals surface area contributed by atoms with Gasteiger partial charge in [-0.05, 0) is 25.7 Å². The molecule has 0 aliphatic rings. The average Bonchev–Trinajstić information content (AvgIpc) is 0.915. The van der Waals surface area contributed by atoms with Crippen molar-refractivity contribution in [1.82, 2.24) is 0 Å². The van der Waals surface area contributed by atoms with Crippen LogP contribution < -0.4 is 0 Å². The van der Waals surface area contributed by atoms with E-state index < -0.39 is 97.5 Å². The topological polar surface area (TPSA) is 237 Å². The summed E-state index contributed by atoms with van der Waals surface area (Å²) in [6.45, 7) is 5.01. The fraction of sp³-hybridized carbons (Fsp3) is 0.952. The molecule has 0 aromatic rings. The van der Waals surface area contributed by atoms with Crippen LogP contribution in [0.4, 0.5) is 0 Å². The van der Waals surface area contributed by atoms with Crippen LogP contribution >= 0.6 is 15.6 Å². The molecular formula is C83H162O17P2. The lowest BCUT2D eigenvalue weighted by atomic mass is 10.0. The molecule has 19 heteroatoms. The summed E-state index contributed by atoms with van der Waals surface area (Å²) in [6.07, 6.45) is 71.0. The van der Waals surface area contributed by atoms with E-state index in [1.165, 1.54) is 283 Å². The standard InChI is InChI=1S/C83H162O17P2/c1-5-9-13-17-21-25-28-30-32-34-36-38-39-41-43-45-47-50-54-58-62-66-70-83(88)100-79(74-94-81(86)68-64-60-56-52-49-46-44-42-40-37-35-33-31-29-26-22-18-14-10-6-2)76-98-102(91,92)96-72-77(84)71-95-101(89,90)97-75-78(73-93-80(85)67-63-59-55-51-24-20-16-12-8-4)99-82(87)69-65-61-57-53-48-27-23-19-15-11-7-3/h77-79,84H,5-76H2,1-4H3,(H,89,90)(H,91,92)/t77-,78+,79+/m0/s1. The number of aliphatic hydroxyl groups is 1. The maximum absolute atomic E-state index is 13.1. The van der Waals surface area contributed by atoms with Crippen molar-refractivity contribution in [2.24, 2.45) is 0 Å². The molecular weight excluding hydrogens is 1330 g/mol. The van der Waals surface area contributed by atoms with Gasteiger partial charge in [0.1, 0.15) is 19.3 Å². The predicted octanol–water partition coefficient (Wildman–Crippen LogP) is 25.4. The van der Waals surface area contributed by atoms with Crippen LogP contribution in [0.1, 0.15) is 451 Å². The SMILES string of the molecule is CCCCCCCCCCCCCCCCCCCCCCCCC(=O)O[C@H](COC(=O)CCCCCCCCCCCCCCCCCCCCCC)COP(=O)(O)OC[C@@H](O)COP(=O)(O)OC[C@@H](COC(=O)CCCCCCCCCCC)OC(=O)CCCCCCCCCCCCC. The molecule has 0 fully saturated rings. The van der Waals surface area contributed by atoms with Crippen LogP contribution in [-0.4, -0.2) is 96.7 Å². The van der Waals surface area contributed by atoms with E-state index in [0.717, 1.165) is 89.9 Å². The third-order valence-electron chi connectivity index (χ3n) is 19.6. The Bertz CT molecular complexity index is 1930. The molecule has 606 valence electrons. The minimum atomic E-state index is -4.96. The molecule has 0 rings (SSSR count). The normalized spacial score (nSPS) is 13.8. The lowest BCUT2D eigenvalue weighted by Crippen LogP contribution is -2.30. The second-order valence-electron chi connectivity index (χ2n) is 29.9. The van der Waals surface area contributed by atoms with E-state index in [-0.39, 0.29) is 25.7 Å². The van der Waals surface area contributed by atoms with Crippen LogP contribution in [0.2, 0.25) is 0 Å². The van der Waals surface area contributed by atoms with Crippen molar-refractivity contribution in [2.75, 3.05) is 39.6 Å². The number of carbonyl (C=O) groups is 4. The van der Waals surface area contributed by atoms with Crippen LogP contribution in [0.3, 0.4) is 0 Å². The smallest absolute Gasteiger partial charge is 0.462 e. The molecule has 17 nitrogen and oxygen atoms in total. The van der Waals surface area contributed by atoms with E-state index in [9.17, 15) is 43.2 Å². The highest BCUT2D eigenvalue weighted by molar-refractivity contribution is 7.47. The highest BCUT2D eigenvalue weighted by atomic mass is 31.2. The minimum absolute atomic E-state index is 0.108. The zero-order chi connectivity index (χ0) is 74.6. The molecule has 0 heterocycles. The number of hydrogen-bond acceptors (Lipinski definition) is 15. The van der Waals surface area contributed by atoms with Gasteiger partial charge < -0.3 is 33.8 Å². The number of aliphatic hydroxyl groups excluding tert-OH is 1. The van der Waals surface area contributed by atoms with Gasteiger partial charge in [-0.1, -0.05) is 400 Å². The number of carbonyl (C=O) groups excluding carboxylic acids is 4. The Morgan fingerprint density at radius 1 is 0.235 bits per heavy atom. The summed E-state index contributed by atoms with van der Waals surface area (Å²) in [4.78, 5) is 73.0. The van der Waals surface area contributed by atoms with Gasteiger partial charge in [0, 0.05) is 25.7 Å². The Balaban J connectivity index is 5.16. The predicted molar refractivity (Wildman–Crippen MR) is 419 cm³/mol. The van der Waals surface area contributed by atoms with Gasteiger partial charge in [0.05, 0.1) is 26.4 Å². The third-order valence-corrected chi connectivity index (χ3v) is 21.5. The molecule has 0 aliphatic carbocycles. The number of rotatable bonds is 84. The molecule has 0 bridgehead atoms. The Hall–Kier alpha value is -1.94. The van der Waals surface area contributed by atoms with Crippen molar-refractivity contribution in [3.63, 3.8) is 0 Å². The number of phosphoric acid groups is 2. The number of esters is 4. The molecule has 0 aliphatic heterocycles. The maximum atomic E-state index is 13.1. The van der Waals surface area contributed by atoms with E-state index in [2.05, 4.69) is 27.7 Å². The molecule has 0 saturated heterocycles. The fourth-order valence-corrected chi connectivity index (χ4v) is 14.6. The molecule has 0 radical (unpaired) electrons. The van der Waals surface area contributed by atoms with Gasteiger partial charge in [0.15, 0.2) is 12.2 Å². The van der Waals surface area contributed by atoms with Gasteiger partial charge >= 0.3 is 39.5 Å². The zero-order valence-electron chi connectivity index (χ0n) is 66.6. The first-order valence-corrected chi connectivity index (χ1v) is 46.3. The van der Waals surface area contributed by atoms with Gasteiger partial charge in [-0.2, -0.15) is 0 Å². The molecule has 5 atom stereocenters. The van der Waals surface area contributed by atoms with E-state index in [1.54, 1.807) is 0 Å². The first-order chi connectivity index (χ1) is 49.7. The Labute approximate surface area is 626 Å². The largest absolute Gasteiger partial charge is 0.472 e. The number of phosphoric ester groups is 2. The van der Waals surface area contributed by atoms with Gasteiger partial charge in [0.25, 0.3) is 0 Å². The average molecular weight is 1490 g/mol. The van der Waals surface area contributed by atoms with E-state index in [0.29, 0.717) is 25.7 Å². The lowest BCUT2D eigenvalue weighted by Gasteiger charge is -2.21. The lowest BCUT2D eigenvalue weighted by molar-refractivity contribution is -0.161. The van der Waals surface area contributed by atoms with E-state index >= 15 is 0 Å². The second-order valence-corrected chi connectivity index (χ2v) is 32.8. The first-order valence-electron chi connectivity index (χ1n) is 43.3. The summed E-state index contributed by atoms with van der Waals surface area (Å²) in [5.41, 5.74) is 0. The Morgan fingerprint density at radius 3 is 0.578 bits per heavy atom. The Kier molecular flexibility index (Phi) is 75.8. The molecule has 2 unspecified atom stereocenters. The highest BCUT2D eigenvalue weighted by Crippen LogP contribution is 2.45. The van der Waals surface area contributed by atoms with Crippen molar-refractivity contribution >= 4 is 39.5 Å². The van der Waals surface area contributed by atoms with Crippen molar-refractivity contribution in [1.29, 1.82) is 0 Å². The van der Waals surface area contributed by atoms with Crippen molar-refractivity contribution in [3.05, 3.63) is 0 Å².